The van der Waals surface area contributed by atoms with Crippen LogP contribution in [-0.2, 0) is 33.5 Å². The molecule has 1 N–H and O–H groups in total. The molecule has 4 aromatic carbocycles. The van der Waals surface area contributed by atoms with Gasteiger partial charge in [0.1, 0.15) is 23.7 Å². The van der Waals surface area contributed by atoms with Crippen molar-refractivity contribution in [1.82, 2.24) is 10.2 Å². The van der Waals surface area contributed by atoms with E-state index < -0.39 is 47.2 Å². The summed E-state index contributed by atoms with van der Waals surface area (Å²) in [5.41, 5.74) is 2.16. The molecule has 12 heteroatoms. The van der Waals surface area contributed by atoms with Gasteiger partial charge in [-0.2, -0.15) is 0 Å². The van der Waals surface area contributed by atoms with Crippen molar-refractivity contribution in [3.8, 4) is 0 Å². The van der Waals surface area contributed by atoms with Gasteiger partial charge in [0, 0.05) is 23.8 Å². The highest BCUT2D eigenvalue weighted by Crippen LogP contribution is 2.41. The van der Waals surface area contributed by atoms with E-state index in [-0.39, 0.29) is 29.3 Å². The summed E-state index contributed by atoms with van der Waals surface area (Å²) in [6.07, 6.45) is -0.796. The Morgan fingerprint density at radius 3 is 1.90 bits per heavy atom. The van der Waals surface area contributed by atoms with Gasteiger partial charge >= 0.3 is 17.9 Å². The minimum Gasteiger partial charge on any atom is -0.461 e. The largest absolute Gasteiger partial charge is 0.461 e. The zero-order valence-corrected chi connectivity index (χ0v) is 27.6. The maximum Gasteiger partial charge on any atom is 0.365 e. The van der Waals surface area contributed by atoms with Crippen molar-refractivity contribution >= 4 is 47.2 Å². The van der Waals surface area contributed by atoms with Crippen LogP contribution in [0.1, 0.15) is 40.1 Å². The van der Waals surface area contributed by atoms with Gasteiger partial charge in [-0.25, -0.2) is 9.59 Å². The normalized spacial score (nSPS) is 17.0. The number of nitrogens with one attached hydrogen (secondary N) is 1. The van der Waals surface area contributed by atoms with E-state index in [1.807, 2.05) is 60.7 Å². The summed E-state index contributed by atoms with van der Waals surface area (Å²) in [5.74, 6) is -3.22. The smallest absolute Gasteiger partial charge is 0.365 e. The number of ether oxygens (including phenoxy) is 2. The van der Waals surface area contributed by atoms with Crippen LogP contribution in [-0.4, -0.2) is 64.1 Å². The van der Waals surface area contributed by atoms with Crippen molar-refractivity contribution in [3.63, 3.8) is 0 Å². The predicted octanol–water partition coefficient (Wildman–Crippen LogP) is 4.80. The highest BCUT2D eigenvalue weighted by Gasteiger charge is 2.55. The third-order valence-corrected chi connectivity index (χ3v) is 9.24. The molecule has 4 aromatic rings. The lowest BCUT2D eigenvalue weighted by molar-refractivity contribution is -0.154. The van der Waals surface area contributed by atoms with Crippen LogP contribution in [0.5, 0.6) is 0 Å². The molecule has 2 amide bonds. The fourth-order valence-electron chi connectivity index (χ4n) is 5.46. The van der Waals surface area contributed by atoms with E-state index >= 15 is 0 Å². The van der Waals surface area contributed by atoms with Crippen molar-refractivity contribution in [2.75, 3.05) is 12.4 Å². The van der Waals surface area contributed by atoms with Crippen LogP contribution in [0.25, 0.3) is 0 Å². The van der Waals surface area contributed by atoms with E-state index in [1.54, 1.807) is 60.7 Å². The van der Waals surface area contributed by atoms with Crippen molar-refractivity contribution in [2.24, 2.45) is 5.16 Å². The SMILES string of the molecule is CC(=O)OCC1=C(C(=O)OC(c2ccccc2)c2ccccc2)N2C(=O)[C@@H](NC(=O)C(=NOC(=O)c3ccccc3)c3ccccc3)[C@@H]2SC1. The zero-order valence-electron chi connectivity index (χ0n) is 26.8. The second-order valence-corrected chi connectivity index (χ2v) is 12.4. The molecule has 1 saturated heterocycles. The molecule has 0 aliphatic carbocycles. The van der Waals surface area contributed by atoms with E-state index in [1.165, 1.54) is 23.6 Å². The number of fused-ring (bicyclic) bond motifs is 1. The molecule has 0 bridgehead atoms. The molecule has 0 radical (unpaired) electrons. The number of amides is 2. The molecule has 2 aliphatic rings. The Hall–Kier alpha value is -6.01. The molecule has 11 nitrogen and oxygen atoms in total. The first-order valence-electron chi connectivity index (χ1n) is 15.6. The topological polar surface area (TPSA) is 141 Å². The molecule has 1 fully saturated rings. The van der Waals surface area contributed by atoms with Gasteiger partial charge in [0.2, 0.25) is 0 Å². The van der Waals surface area contributed by atoms with Crippen molar-refractivity contribution in [3.05, 3.63) is 155 Å². The number of carbonyl (C=O) groups is 5. The second kappa shape index (κ2) is 15.5. The summed E-state index contributed by atoms with van der Waals surface area (Å²) in [7, 11) is 0. The third-order valence-electron chi connectivity index (χ3n) is 7.90. The lowest BCUT2D eigenvalue weighted by Crippen LogP contribution is -2.71. The Labute approximate surface area is 291 Å². The van der Waals surface area contributed by atoms with Gasteiger partial charge in [-0.05, 0) is 23.3 Å². The first-order valence-corrected chi connectivity index (χ1v) is 16.7. The number of thioether (sulfide) groups is 1. The standard InChI is InChI=1S/C38H31N3O8S/c1-24(42)47-22-29-23-50-36-31(39-34(43)30(25-14-6-2-7-15-25)40-49-37(45)28-20-12-5-13-21-28)35(44)41(36)32(29)38(46)48-33(26-16-8-3-9-17-26)27-18-10-4-11-19-27/h2-21,31,33,36H,22-23H2,1H3,(H,39,43)/t31-,36+/m1/s1. The summed E-state index contributed by atoms with van der Waals surface area (Å²) in [4.78, 5) is 72.2. The minimum absolute atomic E-state index is 0.0453. The molecule has 50 heavy (non-hydrogen) atoms. The molecule has 0 saturated carbocycles. The van der Waals surface area contributed by atoms with Crippen molar-refractivity contribution in [2.45, 2.75) is 24.4 Å². The molecule has 2 aliphatic heterocycles. The Morgan fingerprint density at radius 1 is 0.800 bits per heavy atom. The number of oxime groups is 1. The first kappa shape index (κ1) is 33.9. The Kier molecular flexibility index (Phi) is 10.5. The number of hydrogen-bond donors (Lipinski definition) is 1. The number of β-lactam (4-membered cyclic amide) rings is 1. The average Bonchev–Trinajstić information content (AvgIpc) is 3.16. The van der Waals surface area contributed by atoms with E-state index in [4.69, 9.17) is 14.3 Å². The van der Waals surface area contributed by atoms with E-state index in [2.05, 4.69) is 10.5 Å². The average molecular weight is 690 g/mol. The van der Waals surface area contributed by atoms with Crippen molar-refractivity contribution in [1.29, 1.82) is 0 Å². The predicted molar refractivity (Wildman–Crippen MR) is 184 cm³/mol. The van der Waals surface area contributed by atoms with E-state index in [0.29, 0.717) is 11.1 Å². The monoisotopic (exact) mass is 689 g/mol. The van der Waals surface area contributed by atoms with Gasteiger partial charge < -0.3 is 19.6 Å². The maximum absolute atomic E-state index is 14.1. The highest BCUT2D eigenvalue weighted by molar-refractivity contribution is 8.00. The summed E-state index contributed by atoms with van der Waals surface area (Å²) in [5, 5.41) is 5.91. The minimum atomic E-state index is -1.05. The molecular weight excluding hydrogens is 658 g/mol. The number of esters is 2. The van der Waals surface area contributed by atoms with Crippen LogP contribution in [0.3, 0.4) is 0 Å². The molecule has 0 spiro atoms. The van der Waals surface area contributed by atoms with Gasteiger partial charge in [0.15, 0.2) is 11.8 Å². The van der Waals surface area contributed by atoms with Crippen LogP contribution in [0.4, 0.5) is 0 Å². The molecule has 0 unspecified atom stereocenters. The van der Waals surface area contributed by atoms with Gasteiger partial charge in [-0.3, -0.25) is 19.3 Å². The van der Waals surface area contributed by atoms with Gasteiger partial charge in [-0.15, -0.1) is 11.8 Å². The number of rotatable bonds is 11. The van der Waals surface area contributed by atoms with Gasteiger partial charge in [0.25, 0.3) is 11.8 Å². The zero-order chi connectivity index (χ0) is 35.0. The number of carbonyl (C=O) groups excluding carboxylic acids is 5. The lowest BCUT2D eigenvalue weighted by atomic mass is 10.0. The van der Waals surface area contributed by atoms with Crippen molar-refractivity contribution < 1.29 is 38.3 Å². The summed E-state index contributed by atoms with van der Waals surface area (Å²) in [6, 6.07) is 33.9. The lowest BCUT2D eigenvalue weighted by Gasteiger charge is -2.49. The molecule has 252 valence electrons. The quantitative estimate of drug-likeness (QED) is 0.0774. The Bertz CT molecular complexity index is 1910. The van der Waals surface area contributed by atoms with Crippen LogP contribution in [0, 0.1) is 0 Å². The third kappa shape index (κ3) is 7.50. The van der Waals surface area contributed by atoms with E-state index in [0.717, 1.165) is 11.1 Å². The van der Waals surface area contributed by atoms with E-state index in [9.17, 15) is 24.0 Å². The fourth-order valence-corrected chi connectivity index (χ4v) is 6.79. The maximum atomic E-state index is 14.1. The molecule has 0 aromatic heterocycles. The number of nitrogens with zero attached hydrogens (tertiary/aromatic N) is 2. The summed E-state index contributed by atoms with van der Waals surface area (Å²) < 4.78 is 11.4. The van der Waals surface area contributed by atoms with Gasteiger partial charge in [-0.1, -0.05) is 114 Å². The summed E-state index contributed by atoms with van der Waals surface area (Å²) >= 11 is 1.29. The summed E-state index contributed by atoms with van der Waals surface area (Å²) in [6.45, 7) is 1.03. The number of hydrogen-bond acceptors (Lipinski definition) is 10. The van der Waals surface area contributed by atoms with Crippen LogP contribution >= 0.6 is 11.8 Å². The molecule has 2 atom stereocenters. The molecule has 6 rings (SSSR count). The Morgan fingerprint density at radius 2 is 1.34 bits per heavy atom. The molecule has 2 heterocycles. The van der Waals surface area contributed by atoms with Gasteiger partial charge in [0.05, 0.1) is 5.56 Å². The fraction of sp³-hybridized carbons (Fsp3) is 0.158. The first-order chi connectivity index (χ1) is 24.3. The Balaban J connectivity index is 1.25. The highest BCUT2D eigenvalue weighted by atomic mass is 32.2. The van der Waals surface area contributed by atoms with Crippen LogP contribution < -0.4 is 5.32 Å². The number of benzene rings is 4. The van der Waals surface area contributed by atoms with Crippen LogP contribution in [0.15, 0.2) is 138 Å². The second-order valence-electron chi connectivity index (χ2n) is 11.3. The van der Waals surface area contributed by atoms with Crippen LogP contribution in [0.2, 0.25) is 0 Å². The molecular formula is C38H31N3O8S.